The van der Waals surface area contributed by atoms with Crippen LogP contribution < -0.4 is 15.4 Å². The molecular weight excluding hydrogens is 562 g/mol. The lowest BCUT2D eigenvalue weighted by atomic mass is 9.98. The summed E-state index contributed by atoms with van der Waals surface area (Å²) in [5, 5.41) is 36.4. The van der Waals surface area contributed by atoms with Crippen molar-refractivity contribution in [3.63, 3.8) is 0 Å². The number of hydrogen-bond acceptors (Lipinski definition) is 8. The number of aliphatic hydroxyl groups excluding tert-OH is 1. The molecular formula is C29H41N5O7S. The van der Waals surface area contributed by atoms with E-state index < -0.39 is 28.0 Å². The molecule has 230 valence electrons. The second-order valence-electron chi connectivity index (χ2n) is 11.1. The van der Waals surface area contributed by atoms with E-state index in [1.54, 1.807) is 11.0 Å². The number of aliphatic hydroxyl groups is 1. The fraction of sp³-hybridized carbons (Fsp3) is 0.517. The van der Waals surface area contributed by atoms with Gasteiger partial charge >= 0.3 is 12.0 Å². The van der Waals surface area contributed by atoms with Crippen molar-refractivity contribution in [3.8, 4) is 5.75 Å². The molecule has 0 radical (unpaired) electrons. The molecule has 2 fully saturated rings. The van der Waals surface area contributed by atoms with Crippen LogP contribution in [0.25, 0.3) is 0 Å². The Hall–Kier alpha value is -3.55. The van der Waals surface area contributed by atoms with Gasteiger partial charge in [-0.3, -0.25) is 9.52 Å². The van der Waals surface area contributed by atoms with E-state index in [1.165, 1.54) is 12.1 Å². The molecule has 2 atom stereocenters. The first-order valence-corrected chi connectivity index (χ1v) is 16.2. The second-order valence-corrected chi connectivity index (χ2v) is 12.9. The lowest BCUT2D eigenvalue weighted by molar-refractivity contribution is -0.143. The number of phenolic OH excluding ortho intramolecular Hbond substituents is 1. The third-order valence-electron chi connectivity index (χ3n) is 7.76. The number of carbonyl (C=O) groups excluding carboxylic acids is 1. The monoisotopic (exact) mass is 603 g/mol. The molecule has 4 rings (SSSR count). The van der Waals surface area contributed by atoms with Gasteiger partial charge in [0, 0.05) is 44.5 Å². The molecule has 2 aromatic rings. The summed E-state index contributed by atoms with van der Waals surface area (Å²) in [7, 11) is -3.56. The first-order chi connectivity index (χ1) is 20.0. The van der Waals surface area contributed by atoms with Crippen LogP contribution in [0.4, 0.5) is 16.2 Å². The van der Waals surface area contributed by atoms with E-state index in [9.17, 15) is 33.3 Å². The minimum atomic E-state index is -3.56. The molecule has 42 heavy (non-hydrogen) atoms. The number of rotatable bonds is 11. The van der Waals surface area contributed by atoms with Crippen LogP contribution in [-0.2, 0) is 21.2 Å². The number of phenols is 1. The molecule has 0 aromatic heterocycles. The lowest BCUT2D eigenvalue weighted by Gasteiger charge is -2.38. The van der Waals surface area contributed by atoms with Gasteiger partial charge in [0.2, 0.25) is 10.0 Å². The van der Waals surface area contributed by atoms with Gasteiger partial charge in [0.05, 0.1) is 24.0 Å². The van der Waals surface area contributed by atoms with Gasteiger partial charge in [0.15, 0.2) is 0 Å². The van der Waals surface area contributed by atoms with E-state index in [2.05, 4.69) is 27.5 Å². The summed E-state index contributed by atoms with van der Waals surface area (Å²) in [4.78, 5) is 27.8. The van der Waals surface area contributed by atoms with Gasteiger partial charge in [-0.15, -0.1) is 0 Å². The van der Waals surface area contributed by atoms with Crippen LogP contribution in [0.15, 0.2) is 42.5 Å². The molecule has 2 aliphatic heterocycles. The Kier molecular flexibility index (Phi) is 10.5. The lowest BCUT2D eigenvalue weighted by Crippen LogP contribution is -2.51. The predicted octanol–water partition coefficient (Wildman–Crippen LogP) is 2.42. The van der Waals surface area contributed by atoms with Crippen LogP contribution >= 0.6 is 0 Å². The summed E-state index contributed by atoms with van der Waals surface area (Å²) in [5.41, 5.74) is 2.65. The van der Waals surface area contributed by atoms with E-state index >= 15 is 0 Å². The first-order valence-electron chi connectivity index (χ1n) is 14.3. The smallest absolute Gasteiger partial charge is 0.320 e. The molecule has 2 aromatic carbocycles. The molecule has 0 saturated carbocycles. The van der Waals surface area contributed by atoms with Crippen molar-refractivity contribution in [2.75, 3.05) is 55.6 Å². The molecule has 12 nitrogen and oxygen atoms in total. The maximum absolute atomic E-state index is 12.9. The molecule has 0 spiro atoms. The molecule has 1 unspecified atom stereocenters. The number of aliphatic carboxylic acids is 1. The zero-order valence-corrected chi connectivity index (χ0v) is 24.6. The maximum Gasteiger partial charge on any atom is 0.320 e. The van der Waals surface area contributed by atoms with Gasteiger partial charge in [0.25, 0.3) is 0 Å². The van der Waals surface area contributed by atoms with Crippen molar-refractivity contribution < 1.29 is 33.3 Å². The standard InChI is InChI=1S/C29H41N5O7S/c1-42(40,41)32-25-17-21(6-9-26(25)35)27(36)18-30-13-10-20-4-7-23(8-5-20)31-24-11-15-33(16-12-24)29(39)34-14-2-3-22(19-34)28(37)38/h4-9,17,22,24,27,30-32,35-36H,2-3,10-16,18-19H2,1H3,(H,37,38)/t22?,27-/m1/s1. The number of amides is 2. The second kappa shape index (κ2) is 14.1. The molecule has 0 bridgehead atoms. The zero-order chi connectivity index (χ0) is 30.3. The van der Waals surface area contributed by atoms with Crippen LogP contribution in [-0.4, -0.2) is 97.1 Å². The normalized spacial score (nSPS) is 18.9. The number of benzene rings is 2. The van der Waals surface area contributed by atoms with Crippen LogP contribution in [0, 0.1) is 5.92 Å². The van der Waals surface area contributed by atoms with Crippen LogP contribution in [0.3, 0.4) is 0 Å². The summed E-state index contributed by atoms with van der Waals surface area (Å²) in [6.45, 7) is 3.08. The Bertz CT molecular complexity index is 1330. The third kappa shape index (κ3) is 8.97. The number of likely N-dealkylation sites (tertiary alicyclic amines) is 2. The van der Waals surface area contributed by atoms with Gasteiger partial charge in [-0.2, -0.15) is 0 Å². The summed E-state index contributed by atoms with van der Waals surface area (Å²) in [6.07, 6.45) is 3.86. The zero-order valence-electron chi connectivity index (χ0n) is 23.8. The third-order valence-corrected chi connectivity index (χ3v) is 8.35. The number of anilines is 2. The number of carbonyl (C=O) groups is 2. The molecule has 2 aliphatic rings. The highest BCUT2D eigenvalue weighted by molar-refractivity contribution is 7.92. The van der Waals surface area contributed by atoms with Gasteiger partial charge in [0.1, 0.15) is 5.75 Å². The summed E-state index contributed by atoms with van der Waals surface area (Å²) in [5.74, 6) is -1.52. The van der Waals surface area contributed by atoms with Gasteiger partial charge < -0.3 is 35.8 Å². The Morgan fingerprint density at radius 3 is 2.40 bits per heavy atom. The highest BCUT2D eigenvalue weighted by atomic mass is 32.2. The van der Waals surface area contributed by atoms with Crippen molar-refractivity contribution in [2.45, 2.75) is 44.2 Å². The fourth-order valence-electron chi connectivity index (χ4n) is 5.40. The number of carboxylic acids is 1. The van der Waals surface area contributed by atoms with Crippen LogP contribution in [0.5, 0.6) is 5.75 Å². The van der Waals surface area contributed by atoms with Gasteiger partial charge in [-0.25, -0.2) is 13.2 Å². The first kappa shape index (κ1) is 31.4. The van der Waals surface area contributed by atoms with Crippen molar-refractivity contribution in [1.82, 2.24) is 15.1 Å². The summed E-state index contributed by atoms with van der Waals surface area (Å²) >= 11 is 0. The van der Waals surface area contributed by atoms with E-state index in [-0.39, 0.29) is 30.1 Å². The highest BCUT2D eigenvalue weighted by Gasteiger charge is 2.32. The highest BCUT2D eigenvalue weighted by Crippen LogP contribution is 2.28. The topological polar surface area (TPSA) is 172 Å². The van der Waals surface area contributed by atoms with E-state index in [1.807, 2.05) is 17.0 Å². The van der Waals surface area contributed by atoms with Gasteiger partial charge in [-0.1, -0.05) is 18.2 Å². The predicted molar refractivity (Wildman–Crippen MR) is 160 cm³/mol. The molecule has 0 aliphatic carbocycles. The Morgan fingerprint density at radius 2 is 1.74 bits per heavy atom. The largest absolute Gasteiger partial charge is 0.506 e. The minimum Gasteiger partial charge on any atom is -0.506 e. The number of nitrogens with zero attached hydrogens (tertiary/aromatic N) is 2. The number of urea groups is 1. The maximum atomic E-state index is 12.9. The van der Waals surface area contributed by atoms with E-state index in [4.69, 9.17) is 0 Å². The Labute approximate surface area is 246 Å². The van der Waals surface area contributed by atoms with Crippen LogP contribution in [0.1, 0.15) is 42.9 Å². The average Bonchev–Trinajstić information content (AvgIpc) is 2.96. The number of nitrogens with one attached hydrogen (secondary N) is 3. The molecule has 13 heteroatoms. The average molecular weight is 604 g/mol. The molecule has 2 saturated heterocycles. The summed E-state index contributed by atoms with van der Waals surface area (Å²) in [6, 6.07) is 12.7. The van der Waals surface area contributed by atoms with Crippen LogP contribution in [0.2, 0.25) is 0 Å². The molecule has 6 N–H and O–H groups in total. The number of aromatic hydroxyl groups is 1. The van der Waals surface area contributed by atoms with Crippen molar-refractivity contribution in [1.29, 1.82) is 0 Å². The molecule has 2 heterocycles. The Balaban J connectivity index is 1.16. The summed E-state index contributed by atoms with van der Waals surface area (Å²) < 4.78 is 25.2. The van der Waals surface area contributed by atoms with E-state index in [0.717, 1.165) is 43.2 Å². The number of piperidine rings is 2. The quantitative estimate of drug-likeness (QED) is 0.167. The van der Waals surface area contributed by atoms with Crippen molar-refractivity contribution in [3.05, 3.63) is 53.6 Å². The SMILES string of the molecule is CS(=O)(=O)Nc1cc([C@H](O)CNCCc2ccc(NC3CCN(C(=O)N4CCCC(C(=O)O)C4)CC3)cc2)ccc1O. The molecule has 2 amide bonds. The van der Waals surface area contributed by atoms with E-state index in [0.29, 0.717) is 44.7 Å². The van der Waals surface area contributed by atoms with Crippen molar-refractivity contribution >= 4 is 33.4 Å². The van der Waals surface area contributed by atoms with Crippen molar-refractivity contribution in [2.24, 2.45) is 5.92 Å². The number of carboxylic acid groups (broad SMARTS) is 1. The Morgan fingerprint density at radius 1 is 1.02 bits per heavy atom. The number of sulfonamides is 1. The fourth-order valence-corrected chi connectivity index (χ4v) is 5.97. The number of hydrogen-bond donors (Lipinski definition) is 6. The van der Waals surface area contributed by atoms with Gasteiger partial charge in [-0.05, 0) is 74.0 Å². The minimum absolute atomic E-state index is 0.0231.